The van der Waals surface area contributed by atoms with Gasteiger partial charge in [-0.15, -0.1) is 0 Å². The fourth-order valence-corrected chi connectivity index (χ4v) is 4.81. The minimum Gasteiger partial charge on any atom is -0.444 e. The summed E-state index contributed by atoms with van der Waals surface area (Å²) in [5.74, 6) is -0.825. The smallest absolute Gasteiger partial charge is 0.419 e. The molecule has 10 heteroatoms. The minimum absolute atomic E-state index is 0.0323. The molecule has 2 unspecified atom stereocenters. The van der Waals surface area contributed by atoms with Gasteiger partial charge in [-0.3, -0.25) is 4.99 Å². The Labute approximate surface area is 215 Å². The van der Waals surface area contributed by atoms with Crippen molar-refractivity contribution >= 4 is 23.3 Å². The fraction of sp³-hybridized carbons (Fsp3) is 0.593. The van der Waals surface area contributed by atoms with Crippen LogP contribution in [0.1, 0.15) is 58.6 Å². The Balaban J connectivity index is 1.72. The predicted octanol–water partition coefficient (Wildman–Crippen LogP) is 6.17. The van der Waals surface area contributed by atoms with Gasteiger partial charge in [0.2, 0.25) is 0 Å². The molecule has 3 heterocycles. The molecule has 1 aromatic carbocycles. The lowest BCUT2D eigenvalue weighted by molar-refractivity contribution is -0.140. The van der Waals surface area contributed by atoms with Gasteiger partial charge in [0.15, 0.2) is 5.84 Å². The van der Waals surface area contributed by atoms with E-state index in [2.05, 4.69) is 6.08 Å². The third-order valence-electron chi connectivity index (χ3n) is 7.02. The number of amides is 1. The Morgan fingerprint density at radius 1 is 1.11 bits per heavy atom. The van der Waals surface area contributed by atoms with Crippen LogP contribution in [0.5, 0.6) is 0 Å². The number of aryl methyl sites for hydroxylation is 1. The van der Waals surface area contributed by atoms with Crippen molar-refractivity contribution in [3.8, 4) is 0 Å². The number of rotatable bonds is 0. The first-order valence-corrected chi connectivity index (χ1v) is 12.7. The number of carbonyl (C=O) groups is 1. The van der Waals surface area contributed by atoms with Gasteiger partial charge in [-0.2, -0.15) is 13.2 Å². The number of allylic oxidation sites excluding steroid dienone is 1. The lowest BCUT2D eigenvalue weighted by Gasteiger charge is -2.38. The molecular weight excluding hydrogens is 488 g/mol. The van der Waals surface area contributed by atoms with Crippen molar-refractivity contribution < 1.29 is 27.1 Å². The summed E-state index contributed by atoms with van der Waals surface area (Å²) in [4.78, 5) is 26.0. The fourth-order valence-electron chi connectivity index (χ4n) is 4.81. The van der Waals surface area contributed by atoms with Crippen LogP contribution in [0, 0.1) is 11.7 Å². The number of alkyl halides is 3. The summed E-state index contributed by atoms with van der Waals surface area (Å²) in [6.45, 7) is 11.1. The summed E-state index contributed by atoms with van der Waals surface area (Å²) in [5, 5.41) is 0. The van der Waals surface area contributed by atoms with E-state index < -0.39 is 29.3 Å². The molecule has 0 aliphatic carbocycles. The highest BCUT2D eigenvalue weighted by atomic mass is 19.4. The standard InChI is InChI=1S/C27H34F4N4O2/c1-16-6-7-18-8-9-19-14-20(27(29,30)31)21(28)15-22(19)33-24(23(18)32-17(16)2)34-10-12-35(13-11-34)25(36)37-26(3,4)5/h6,14-15,17-18H,7-13H2,1-5H3. The van der Waals surface area contributed by atoms with E-state index in [4.69, 9.17) is 14.7 Å². The number of halogens is 4. The molecule has 0 N–H and O–H groups in total. The quantitative estimate of drug-likeness (QED) is 0.303. The number of hydrogen-bond donors (Lipinski definition) is 0. The van der Waals surface area contributed by atoms with Gasteiger partial charge in [-0.05, 0) is 65.5 Å². The first-order chi connectivity index (χ1) is 17.2. The van der Waals surface area contributed by atoms with Gasteiger partial charge in [-0.1, -0.05) is 11.6 Å². The number of carbonyl (C=O) groups excluding carboxylic acids is 1. The van der Waals surface area contributed by atoms with Crippen LogP contribution in [0.4, 0.5) is 28.0 Å². The summed E-state index contributed by atoms with van der Waals surface area (Å²) >= 11 is 0. The van der Waals surface area contributed by atoms with E-state index in [0.717, 1.165) is 23.4 Å². The molecule has 3 aliphatic heterocycles. The second-order valence-electron chi connectivity index (χ2n) is 11.0. The zero-order valence-electron chi connectivity index (χ0n) is 22.0. The molecule has 0 saturated carbocycles. The summed E-state index contributed by atoms with van der Waals surface area (Å²) in [6.07, 6.45) is -1.42. The van der Waals surface area contributed by atoms with Crippen LogP contribution >= 0.6 is 0 Å². The van der Waals surface area contributed by atoms with Crippen molar-refractivity contribution in [3.63, 3.8) is 0 Å². The number of amidine groups is 1. The number of nitrogens with zero attached hydrogens (tertiary/aromatic N) is 4. The molecule has 1 fully saturated rings. The van der Waals surface area contributed by atoms with Crippen LogP contribution in [0.2, 0.25) is 0 Å². The van der Waals surface area contributed by atoms with E-state index in [0.29, 0.717) is 56.8 Å². The second-order valence-corrected chi connectivity index (χ2v) is 11.0. The minimum atomic E-state index is -4.78. The van der Waals surface area contributed by atoms with E-state index in [1.54, 1.807) is 4.90 Å². The van der Waals surface area contributed by atoms with Gasteiger partial charge in [0.05, 0.1) is 23.0 Å². The highest BCUT2D eigenvalue weighted by Gasteiger charge is 2.37. The van der Waals surface area contributed by atoms with Crippen LogP contribution in [0.3, 0.4) is 0 Å². The van der Waals surface area contributed by atoms with E-state index in [1.807, 2.05) is 39.5 Å². The molecular formula is C27H34F4N4O2. The molecule has 3 aliphatic rings. The third-order valence-corrected chi connectivity index (χ3v) is 7.02. The SMILES string of the molecule is CC1=CCC2CCc3cc(C(F)(F)F)c(F)cc3N=C(N3CCN(C(=O)OC(C)(C)C)CC3)C2=NC1C. The number of hydrogen-bond acceptors (Lipinski definition) is 5. The van der Waals surface area contributed by atoms with E-state index in [-0.39, 0.29) is 17.6 Å². The Morgan fingerprint density at radius 2 is 1.78 bits per heavy atom. The van der Waals surface area contributed by atoms with Crippen LogP contribution in [-0.4, -0.2) is 65.3 Å². The highest BCUT2D eigenvalue weighted by Crippen LogP contribution is 2.38. The highest BCUT2D eigenvalue weighted by molar-refractivity contribution is 6.42. The first kappa shape index (κ1) is 27.1. The van der Waals surface area contributed by atoms with Crippen molar-refractivity contribution in [3.05, 3.63) is 40.7 Å². The summed E-state index contributed by atoms with van der Waals surface area (Å²) in [6, 6.07) is 1.71. The van der Waals surface area contributed by atoms with Crippen LogP contribution in [0.15, 0.2) is 33.8 Å². The maximum Gasteiger partial charge on any atom is 0.419 e. The van der Waals surface area contributed by atoms with Crippen LogP contribution < -0.4 is 0 Å². The molecule has 4 rings (SSSR count). The van der Waals surface area contributed by atoms with Crippen molar-refractivity contribution in [2.75, 3.05) is 26.2 Å². The van der Waals surface area contributed by atoms with Crippen molar-refractivity contribution in [1.29, 1.82) is 0 Å². The molecule has 2 atom stereocenters. The van der Waals surface area contributed by atoms with Crippen LogP contribution in [-0.2, 0) is 17.3 Å². The lowest BCUT2D eigenvalue weighted by atomic mass is 9.88. The molecule has 37 heavy (non-hydrogen) atoms. The second kappa shape index (κ2) is 10.1. The molecule has 0 bridgehead atoms. The van der Waals surface area contributed by atoms with E-state index >= 15 is 0 Å². The maximum absolute atomic E-state index is 14.6. The zero-order chi connectivity index (χ0) is 27.1. The van der Waals surface area contributed by atoms with E-state index in [9.17, 15) is 22.4 Å². The van der Waals surface area contributed by atoms with Crippen molar-refractivity contribution in [2.24, 2.45) is 15.9 Å². The number of piperazine rings is 1. The number of ether oxygens (including phenoxy) is 1. The Morgan fingerprint density at radius 3 is 2.41 bits per heavy atom. The molecule has 1 aromatic rings. The van der Waals surface area contributed by atoms with Gasteiger partial charge >= 0.3 is 12.3 Å². The molecule has 0 radical (unpaired) electrons. The normalized spacial score (nSPS) is 23.0. The molecule has 6 nitrogen and oxygen atoms in total. The zero-order valence-corrected chi connectivity index (χ0v) is 22.0. The topological polar surface area (TPSA) is 57.5 Å². The monoisotopic (exact) mass is 522 g/mol. The lowest BCUT2D eigenvalue weighted by Crippen LogP contribution is -2.53. The first-order valence-electron chi connectivity index (χ1n) is 12.7. The molecule has 0 spiro atoms. The van der Waals surface area contributed by atoms with Gasteiger partial charge in [0.1, 0.15) is 11.4 Å². The average Bonchev–Trinajstić information content (AvgIpc) is 2.92. The summed E-state index contributed by atoms with van der Waals surface area (Å²) in [7, 11) is 0. The predicted molar refractivity (Wildman–Crippen MR) is 135 cm³/mol. The number of aliphatic imine (C=N–C) groups is 2. The van der Waals surface area contributed by atoms with E-state index in [1.165, 1.54) is 0 Å². The average molecular weight is 523 g/mol. The Kier molecular flexibility index (Phi) is 7.41. The van der Waals surface area contributed by atoms with Crippen molar-refractivity contribution in [2.45, 2.75) is 71.7 Å². The van der Waals surface area contributed by atoms with Crippen molar-refractivity contribution in [1.82, 2.24) is 9.80 Å². The third kappa shape index (κ3) is 6.15. The summed E-state index contributed by atoms with van der Waals surface area (Å²) in [5.41, 5.74) is 0.597. The number of fused-ring (bicyclic) bond motifs is 2. The number of benzene rings is 1. The molecule has 0 aromatic heterocycles. The largest absolute Gasteiger partial charge is 0.444 e. The Hall–Kier alpha value is -2.91. The molecule has 202 valence electrons. The summed E-state index contributed by atoms with van der Waals surface area (Å²) < 4.78 is 60.3. The molecule has 1 amide bonds. The van der Waals surface area contributed by atoms with Gasteiger partial charge in [0.25, 0.3) is 0 Å². The van der Waals surface area contributed by atoms with Gasteiger partial charge in [-0.25, -0.2) is 14.2 Å². The van der Waals surface area contributed by atoms with Crippen LogP contribution in [0.25, 0.3) is 0 Å². The Bertz CT molecular complexity index is 1140. The maximum atomic E-state index is 14.6. The molecule has 1 saturated heterocycles. The van der Waals surface area contributed by atoms with Gasteiger partial charge in [0, 0.05) is 38.2 Å². The van der Waals surface area contributed by atoms with Gasteiger partial charge < -0.3 is 14.5 Å².